The fourth-order valence-corrected chi connectivity index (χ4v) is 6.51. The molecule has 2 aliphatic rings. The molecule has 2 bridgehead atoms. The minimum absolute atomic E-state index is 0.0968. The van der Waals surface area contributed by atoms with Gasteiger partial charge in [-0.25, -0.2) is 13.4 Å². The fraction of sp³-hybridized carbons (Fsp3) is 0.500. The molecule has 1 fully saturated rings. The largest absolute Gasteiger partial charge is 0.370 e. The number of rotatable bonds is 2. The number of nitrogens with zero attached hydrogens (tertiary/aromatic N) is 5. The summed E-state index contributed by atoms with van der Waals surface area (Å²) in [7, 11) is -1.95. The van der Waals surface area contributed by atoms with Gasteiger partial charge in [0, 0.05) is 44.4 Å². The molecular formula is C26H36N8O3S. The van der Waals surface area contributed by atoms with Crippen molar-refractivity contribution in [3.05, 3.63) is 46.6 Å². The Bertz CT molecular complexity index is 1490. The van der Waals surface area contributed by atoms with E-state index in [1.165, 1.54) is 0 Å². The van der Waals surface area contributed by atoms with Crippen molar-refractivity contribution < 1.29 is 13.2 Å². The standard InChI is InChI=1S/C26H36N8O3S/c1-5-22-21-14-23-29-25(33-11-9-18(27)15-33)17(3)24(34(23)30-21)28-10-6-12-38(36,37)31-20-8-7-16(2)13-19(20)26(35)32(22)4/h7-8,13-14,18,22,28,31H,5-6,9-12,15,27H2,1-4H3. The zero-order valence-corrected chi connectivity index (χ0v) is 23.2. The Morgan fingerprint density at radius 1 is 1.21 bits per heavy atom. The molecule has 1 saturated heterocycles. The van der Waals surface area contributed by atoms with Gasteiger partial charge in [-0.05, 0) is 45.2 Å². The van der Waals surface area contributed by atoms with E-state index in [1.54, 1.807) is 34.7 Å². The number of carbonyl (C=O) groups is 1. The molecule has 4 N–H and O–H groups in total. The molecule has 5 rings (SSSR count). The number of nitrogens with one attached hydrogen (secondary N) is 2. The molecule has 4 heterocycles. The van der Waals surface area contributed by atoms with Crippen molar-refractivity contribution in [2.45, 2.75) is 52.1 Å². The molecule has 0 aliphatic carbocycles. The maximum Gasteiger partial charge on any atom is 0.256 e. The van der Waals surface area contributed by atoms with Crippen LogP contribution in [0.3, 0.4) is 0 Å². The maximum atomic E-state index is 13.8. The SMILES string of the molecule is CCC1c2cc3nc(N4CCC(N)C4)c(C)c(n3n2)NCCCS(=O)(=O)Nc2ccc(C)cc2C(=O)N1C. The highest BCUT2D eigenvalue weighted by molar-refractivity contribution is 7.92. The van der Waals surface area contributed by atoms with Crippen molar-refractivity contribution in [1.29, 1.82) is 0 Å². The third-order valence-electron chi connectivity index (χ3n) is 7.43. The van der Waals surface area contributed by atoms with E-state index in [2.05, 4.69) is 14.9 Å². The van der Waals surface area contributed by atoms with Crippen LogP contribution in [0, 0.1) is 13.8 Å². The Hall–Kier alpha value is -3.38. The highest BCUT2D eigenvalue weighted by Crippen LogP contribution is 2.32. The molecule has 3 aromatic rings. The number of carbonyl (C=O) groups excluding carboxylic acids is 1. The summed E-state index contributed by atoms with van der Waals surface area (Å²) in [5, 5.41) is 8.33. The van der Waals surface area contributed by atoms with Gasteiger partial charge >= 0.3 is 0 Å². The molecule has 2 aromatic heterocycles. The molecule has 2 atom stereocenters. The van der Waals surface area contributed by atoms with Crippen molar-refractivity contribution in [3.8, 4) is 0 Å². The first-order valence-electron chi connectivity index (χ1n) is 13.1. The van der Waals surface area contributed by atoms with Crippen LogP contribution in [0.4, 0.5) is 17.3 Å². The number of amides is 1. The van der Waals surface area contributed by atoms with Gasteiger partial charge in [-0.15, -0.1) is 0 Å². The van der Waals surface area contributed by atoms with Crippen LogP contribution in [0.2, 0.25) is 0 Å². The zero-order chi connectivity index (χ0) is 27.2. The quantitative estimate of drug-likeness (QED) is 0.451. The Morgan fingerprint density at radius 2 is 2.00 bits per heavy atom. The third-order valence-corrected chi connectivity index (χ3v) is 8.78. The molecule has 2 unspecified atom stereocenters. The van der Waals surface area contributed by atoms with E-state index in [0.717, 1.165) is 48.0 Å². The van der Waals surface area contributed by atoms with Crippen LogP contribution in [-0.2, 0) is 10.0 Å². The van der Waals surface area contributed by atoms with E-state index >= 15 is 0 Å². The predicted molar refractivity (Wildman–Crippen MR) is 149 cm³/mol. The second-order valence-electron chi connectivity index (χ2n) is 10.3. The molecule has 38 heavy (non-hydrogen) atoms. The second kappa shape index (κ2) is 10.1. The van der Waals surface area contributed by atoms with Crippen molar-refractivity contribution in [2.24, 2.45) is 5.73 Å². The van der Waals surface area contributed by atoms with Gasteiger partial charge in [0.25, 0.3) is 5.91 Å². The number of benzene rings is 1. The number of aryl methyl sites for hydroxylation is 1. The summed E-state index contributed by atoms with van der Waals surface area (Å²) in [4.78, 5) is 22.5. The number of sulfonamides is 1. The van der Waals surface area contributed by atoms with Gasteiger partial charge in [0.2, 0.25) is 10.0 Å². The summed E-state index contributed by atoms with van der Waals surface area (Å²) in [6, 6.07) is 6.88. The van der Waals surface area contributed by atoms with Crippen LogP contribution >= 0.6 is 0 Å². The fourth-order valence-electron chi connectivity index (χ4n) is 5.37. The van der Waals surface area contributed by atoms with Crippen LogP contribution in [-0.4, -0.2) is 72.3 Å². The summed E-state index contributed by atoms with van der Waals surface area (Å²) >= 11 is 0. The monoisotopic (exact) mass is 540 g/mol. The molecule has 2 aliphatic heterocycles. The normalized spacial score (nSPS) is 22.1. The number of fused-ring (bicyclic) bond motifs is 2. The number of anilines is 3. The van der Waals surface area contributed by atoms with E-state index in [4.69, 9.17) is 15.8 Å². The van der Waals surface area contributed by atoms with Gasteiger partial charge in [0.1, 0.15) is 11.6 Å². The van der Waals surface area contributed by atoms with E-state index in [9.17, 15) is 13.2 Å². The molecule has 1 amide bonds. The van der Waals surface area contributed by atoms with Crippen LogP contribution in [0.15, 0.2) is 24.3 Å². The van der Waals surface area contributed by atoms with Gasteiger partial charge < -0.3 is 20.9 Å². The van der Waals surface area contributed by atoms with Crippen molar-refractivity contribution in [2.75, 3.05) is 47.4 Å². The lowest BCUT2D eigenvalue weighted by atomic mass is 10.1. The van der Waals surface area contributed by atoms with Gasteiger partial charge in [-0.2, -0.15) is 9.61 Å². The number of aromatic nitrogens is 3. The predicted octanol–water partition coefficient (Wildman–Crippen LogP) is 2.66. The highest BCUT2D eigenvalue weighted by atomic mass is 32.2. The van der Waals surface area contributed by atoms with Crippen LogP contribution < -0.4 is 20.7 Å². The molecule has 1 aromatic carbocycles. The van der Waals surface area contributed by atoms with Gasteiger partial charge in [-0.1, -0.05) is 18.6 Å². The average molecular weight is 541 g/mol. The molecule has 0 radical (unpaired) electrons. The van der Waals surface area contributed by atoms with Gasteiger partial charge in [-0.3, -0.25) is 9.52 Å². The van der Waals surface area contributed by atoms with E-state index in [0.29, 0.717) is 30.6 Å². The molecule has 0 spiro atoms. The van der Waals surface area contributed by atoms with Crippen LogP contribution in [0.1, 0.15) is 59.4 Å². The highest BCUT2D eigenvalue weighted by Gasteiger charge is 2.29. The van der Waals surface area contributed by atoms with Gasteiger partial charge in [0.15, 0.2) is 5.65 Å². The lowest BCUT2D eigenvalue weighted by Gasteiger charge is -2.27. The van der Waals surface area contributed by atoms with E-state index < -0.39 is 10.0 Å². The smallest absolute Gasteiger partial charge is 0.256 e. The third kappa shape index (κ3) is 4.90. The Morgan fingerprint density at radius 3 is 2.71 bits per heavy atom. The average Bonchev–Trinajstić information content (AvgIpc) is 3.49. The number of hydrogen-bond donors (Lipinski definition) is 3. The van der Waals surface area contributed by atoms with Crippen molar-refractivity contribution >= 4 is 38.9 Å². The molecular weight excluding hydrogens is 504 g/mol. The first-order valence-corrected chi connectivity index (χ1v) is 14.8. The number of nitrogens with two attached hydrogens (primary N) is 1. The summed E-state index contributed by atoms with van der Waals surface area (Å²) in [6.07, 6.45) is 1.88. The van der Waals surface area contributed by atoms with Crippen LogP contribution in [0.5, 0.6) is 0 Å². The molecule has 11 nitrogen and oxygen atoms in total. The van der Waals surface area contributed by atoms with E-state index in [-0.39, 0.29) is 29.4 Å². The minimum Gasteiger partial charge on any atom is -0.370 e. The van der Waals surface area contributed by atoms with Crippen molar-refractivity contribution in [3.63, 3.8) is 0 Å². The topological polar surface area (TPSA) is 138 Å². The molecule has 204 valence electrons. The zero-order valence-electron chi connectivity index (χ0n) is 22.4. The second-order valence-corrected chi connectivity index (χ2v) is 12.2. The summed E-state index contributed by atoms with van der Waals surface area (Å²) in [5.74, 6) is 1.23. The summed E-state index contributed by atoms with van der Waals surface area (Å²) in [5.41, 5.74) is 9.96. The Balaban J connectivity index is 1.65. The summed E-state index contributed by atoms with van der Waals surface area (Å²) in [6.45, 7) is 7.84. The minimum atomic E-state index is -3.68. The molecule has 12 heteroatoms. The maximum absolute atomic E-state index is 13.8. The Labute approximate surface area is 223 Å². The first kappa shape index (κ1) is 26.2. The Kier molecular flexibility index (Phi) is 6.95. The number of hydrogen-bond acceptors (Lipinski definition) is 8. The molecule has 0 saturated carbocycles. The van der Waals surface area contributed by atoms with Crippen molar-refractivity contribution in [1.82, 2.24) is 19.5 Å². The lowest BCUT2D eigenvalue weighted by Crippen LogP contribution is -2.32. The van der Waals surface area contributed by atoms with Gasteiger partial charge in [0.05, 0.1) is 28.7 Å². The lowest BCUT2D eigenvalue weighted by molar-refractivity contribution is 0.0723. The van der Waals surface area contributed by atoms with E-state index in [1.807, 2.05) is 26.8 Å². The summed E-state index contributed by atoms with van der Waals surface area (Å²) < 4.78 is 30.4. The van der Waals surface area contributed by atoms with Crippen LogP contribution in [0.25, 0.3) is 5.65 Å². The first-order chi connectivity index (χ1) is 18.1.